The number of carbonyl (C=O) groups excluding carboxylic acids is 2. The summed E-state index contributed by atoms with van der Waals surface area (Å²) in [7, 11) is 1.33. The van der Waals surface area contributed by atoms with Gasteiger partial charge in [-0.3, -0.25) is 14.5 Å². The van der Waals surface area contributed by atoms with Crippen molar-refractivity contribution in [1.29, 1.82) is 0 Å². The number of carboxylic acids is 1. The first-order valence-corrected chi connectivity index (χ1v) is 11.1. The molecule has 1 fully saturated rings. The van der Waals surface area contributed by atoms with Crippen molar-refractivity contribution >= 4 is 68.3 Å². The molecule has 2 atom stereocenters. The van der Waals surface area contributed by atoms with Crippen molar-refractivity contribution in [3.05, 3.63) is 45.4 Å². The van der Waals surface area contributed by atoms with Gasteiger partial charge in [-0.25, -0.2) is 4.79 Å². The lowest BCUT2D eigenvalue weighted by Crippen LogP contribution is -2.71. The number of rotatable bonds is 5. The second-order valence-electron chi connectivity index (χ2n) is 6.71. The number of nitrogens with one attached hydrogen (secondary N) is 1. The minimum absolute atomic E-state index is 0.0132. The van der Waals surface area contributed by atoms with Crippen LogP contribution in [0.15, 0.2) is 40.0 Å². The SMILES string of the molecule is CON=C(C(=O)NC1C(=O)N2C(C(=O)O)=C(C)CS[C@@H]12)c1csc2cc(Cl)ccc12. The minimum Gasteiger partial charge on any atom is -0.477 e. The van der Waals surface area contributed by atoms with Crippen molar-refractivity contribution in [2.75, 3.05) is 12.9 Å². The summed E-state index contributed by atoms with van der Waals surface area (Å²) in [5, 5.41) is 18.7. The maximum absolute atomic E-state index is 13.0. The standard InChI is InChI=1S/C19H16ClN3O5S2/c1-8-6-30-18-14(17(25)23(18)15(8)19(26)27)21-16(24)13(22-28-2)11-7-29-12-5-9(20)3-4-10(11)12/h3-5,7,14,18H,6H2,1-2H3,(H,21,24)(H,26,27)/t14?,18-/m0/s1. The molecule has 2 N–H and O–H groups in total. The number of aliphatic carboxylic acids is 1. The van der Waals surface area contributed by atoms with Crippen LogP contribution in [0.3, 0.4) is 0 Å². The smallest absolute Gasteiger partial charge is 0.352 e. The Bertz CT molecular complexity index is 1140. The largest absolute Gasteiger partial charge is 0.477 e. The molecule has 11 heteroatoms. The van der Waals surface area contributed by atoms with Gasteiger partial charge in [-0.2, -0.15) is 0 Å². The molecule has 1 aromatic carbocycles. The summed E-state index contributed by atoms with van der Waals surface area (Å²) in [6, 6.07) is 4.46. The molecule has 4 rings (SSSR count). The number of β-lactam (4-membered cyclic amide) rings is 1. The van der Waals surface area contributed by atoms with Crippen LogP contribution in [0.4, 0.5) is 0 Å². The summed E-state index contributed by atoms with van der Waals surface area (Å²) in [4.78, 5) is 43.3. The average molecular weight is 466 g/mol. The van der Waals surface area contributed by atoms with E-state index >= 15 is 0 Å². The van der Waals surface area contributed by atoms with Gasteiger partial charge in [-0.05, 0) is 24.6 Å². The number of benzene rings is 1. The number of fused-ring (bicyclic) bond motifs is 2. The Morgan fingerprint density at radius 2 is 2.17 bits per heavy atom. The molecule has 2 aliphatic rings. The molecule has 1 unspecified atom stereocenters. The molecule has 0 saturated carbocycles. The highest BCUT2D eigenvalue weighted by molar-refractivity contribution is 8.00. The number of thioether (sulfide) groups is 1. The lowest BCUT2D eigenvalue weighted by Gasteiger charge is -2.49. The van der Waals surface area contributed by atoms with Gasteiger partial charge in [0.25, 0.3) is 11.8 Å². The van der Waals surface area contributed by atoms with Crippen molar-refractivity contribution in [2.24, 2.45) is 5.16 Å². The second kappa shape index (κ2) is 7.93. The number of halogens is 1. The molecule has 3 heterocycles. The van der Waals surface area contributed by atoms with Crippen molar-refractivity contribution in [3.8, 4) is 0 Å². The number of amides is 2. The quantitative estimate of drug-likeness (QED) is 0.399. The summed E-state index contributed by atoms with van der Waals surface area (Å²) in [5.41, 5.74) is 1.20. The summed E-state index contributed by atoms with van der Waals surface area (Å²) in [6.45, 7) is 1.68. The summed E-state index contributed by atoms with van der Waals surface area (Å²) in [6.07, 6.45) is 0. The zero-order valence-corrected chi connectivity index (χ0v) is 18.2. The molecule has 8 nitrogen and oxygen atoms in total. The number of carboxylic acid groups (broad SMARTS) is 1. The number of oxime groups is 1. The second-order valence-corrected chi connectivity index (χ2v) is 9.16. The third-order valence-electron chi connectivity index (χ3n) is 4.84. The number of carbonyl (C=O) groups is 3. The predicted octanol–water partition coefficient (Wildman–Crippen LogP) is 2.66. The number of nitrogens with zero attached hydrogens (tertiary/aromatic N) is 2. The predicted molar refractivity (Wildman–Crippen MR) is 116 cm³/mol. The zero-order chi connectivity index (χ0) is 21.6. The monoisotopic (exact) mass is 465 g/mol. The van der Waals surface area contributed by atoms with Gasteiger partial charge >= 0.3 is 5.97 Å². The molecule has 0 radical (unpaired) electrons. The molecule has 2 amide bonds. The van der Waals surface area contributed by atoms with Crippen LogP contribution in [0.5, 0.6) is 0 Å². The van der Waals surface area contributed by atoms with E-state index in [9.17, 15) is 19.5 Å². The van der Waals surface area contributed by atoms with E-state index < -0.39 is 29.2 Å². The van der Waals surface area contributed by atoms with Gasteiger partial charge in [0.1, 0.15) is 24.2 Å². The van der Waals surface area contributed by atoms with Crippen molar-refractivity contribution in [1.82, 2.24) is 10.2 Å². The Hall–Kier alpha value is -2.56. The van der Waals surface area contributed by atoms with E-state index in [1.54, 1.807) is 30.5 Å². The molecule has 2 aromatic rings. The van der Waals surface area contributed by atoms with Gasteiger partial charge in [0.05, 0.1) is 0 Å². The summed E-state index contributed by atoms with van der Waals surface area (Å²) in [5.74, 6) is -1.72. The lowest BCUT2D eigenvalue weighted by molar-refractivity contribution is -0.150. The molecule has 1 aromatic heterocycles. The summed E-state index contributed by atoms with van der Waals surface area (Å²) >= 11 is 8.85. The van der Waals surface area contributed by atoms with Crippen LogP contribution >= 0.6 is 34.7 Å². The van der Waals surface area contributed by atoms with Gasteiger partial charge in [-0.15, -0.1) is 23.1 Å². The molecular formula is C19H16ClN3O5S2. The third kappa shape index (κ3) is 3.34. The normalized spacial score (nSPS) is 21.4. The van der Waals surface area contributed by atoms with Gasteiger partial charge in [-0.1, -0.05) is 22.8 Å². The first-order valence-electron chi connectivity index (χ1n) is 8.80. The zero-order valence-electron chi connectivity index (χ0n) is 15.8. The van der Waals surface area contributed by atoms with E-state index in [4.69, 9.17) is 16.4 Å². The summed E-state index contributed by atoms with van der Waals surface area (Å²) < 4.78 is 0.884. The highest BCUT2D eigenvalue weighted by Crippen LogP contribution is 2.40. The van der Waals surface area contributed by atoms with Crippen molar-refractivity contribution in [2.45, 2.75) is 18.3 Å². The molecule has 0 aliphatic carbocycles. The Kier molecular flexibility index (Phi) is 5.48. The first kappa shape index (κ1) is 20.7. The van der Waals surface area contributed by atoms with E-state index in [0.29, 0.717) is 21.9 Å². The molecule has 0 spiro atoms. The van der Waals surface area contributed by atoms with E-state index in [2.05, 4.69) is 10.5 Å². The van der Waals surface area contributed by atoms with Crippen LogP contribution in [0.2, 0.25) is 5.02 Å². The number of hydrogen-bond acceptors (Lipinski definition) is 7. The van der Waals surface area contributed by atoms with Crippen LogP contribution in [-0.4, -0.2) is 57.8 Å². The van der Waals surface area contributed by atoms with Crippen LogP contribution < -0.4 is 5.32 Å². The topological polar surface area (TPSA) is 108 Å². The molecule has 2 aliphatic heterocycles. The maximum Gasteiger partial charge on any atom is 0.352 e. The highest BCUT2D eigenvalue weighted by Gasteiger charge is 2.54. The van der Waals surface area contributed by atoms with Crippen LogP contribution in [0.25, 0.3) is 10.1 Å². The van der Waals surface area contributed by atoms with Crippen molar-refractivity contribution in [3.63, 3.8) is 0 Å². The molecule has 1 saturated heterocycles. The first-order chi connectivity index (χ1) is 14.3. The Labute approximate surface area is 184 Å². The van der Waals surface area contributed by atoms with E-state index in [-0.39, 0.29) is 11.4 Å². The van der Waals surface area contributed by atoms with Crippen molar-refractivity contribution < 1.29 is 24.3 Å². The van der Waals surface area contributed by atoms with Gasteiger partial charge in [0.15, 0.2) is 5.71 Å². The Balaban J connectivity index is 1.59. The highest BCUT2D eigenvalue weighted by atomic mass is 35.5. The Morgan fingerprint density at radius 1 is 1.40 bits per heavy atom. The fourth-order valence-corrected chi connectivity index (χ4v) is 5.99. The Morgan fingerprint density at radius 3 is 2.87 bits per heavy atom. The van der Waals surface area contributed by atoms with Gasteiger partial charge < -0.3 is 15.3 Å². The van der Waals surface area contributed by atoms with Crippen LogP contribution in [-0.2, 0) is 19.2 Å². The lowest BCUT2D eigenvalue weighted by atomic mass is 10.0. The number of thiophene rings is 1. The molecule has 30 heavy (non-hydrogen) atoms. The van der Waals surface area contributed by atoms with E-state index in [0.717, 1.165) is 10.1 Å². The van der Waals surface area contributed by atoms with E-state index in [1.165, 1.54) is 35.1 Å². The molecule has 0 bridgehead atoms. The average Bonchev–Trinajstić information content (AvgIpc) is 3.12. The minimum atomic E-state index is -1.15. The maximum atomic E-state index is 13.0. The fourth-order valence-electron chi connectivity index (χ4n) is 3.47. The number of hydrogen-bond donors (Lipinski definition) is 2. The van der Waals surface area contributed by atoms with Crippen LogP contribution in [0, 0.1) is 0 Å². The molecular weight excluding hydrogens is 450 g/mol. The third-order valence-corrected chi connectivity index (χ3v) is 7.44. The molecule has 156 valence electrons. The fraction of sp³-hybridized carbons (Fsp3) is 0.263. The van der Waals surface area contributed by atoms with Crippen LogP contribution in [0.1, 0.15) is 12.5 Å². The van der Waals surface area contributed by atoms with Gasteiger partial charge in [0.2, 0.25) is 0 Å². The van der Waals surface area contributed by atoms with Gasteiger partial charge in [0, 0.05) is 31.8 Å². The van der Waals surface area contributed by atoms with E-state index in [1.807, 2.05) is 0 Å².